The van der Waals surface area contributed by atoms with Gasteiger partial charge >= 0.3 is 6.01 Å². The van der Waals surface area contributed by atoms with Crippen molar-refractivity contribution in [2.75, 3.05) is 18.4 Å². The first kappa shape index (κ1) is 10.2. The summed E-state index contributed by atoms with van der Waals surface area (Å²) in [6, 6.07) is 0.289. The van der Waals surface area contributed by atoms with Gasteiger partial charge in [-0.05, 0) is 25.9 Å². The quantitative estimate of drug-likeness (QED) is 0.772. The SMILES string of the molecule is Cc1coc(NC(=O)C(C)C2CNC2)n1. The Morgan fingerprint density at radius 2 is 2.47 bits per heavy atom. The number of carbonyl (C=O) groups is 1. The first-order chi connectivity index (χ1) is 7.16. The third kappa shape index (κ3) is 2.18. The molecular weight excluding hydrogens is 194 g/mol. The third-order valence-electron chi connectivity index (χ3n) is 2.78. The van der Waals surface area contributed by atoms with E-state index in [1.54, 1.807) is 0 Å². The maximum Gasteiger partial charge on any atom is 0.301 e. The van der Waals surface area contributed by atoms with Gasteiger partial charge in [-0.2, -0.15) is 4.98 Å². The smallest absolute Gasteiger partial charge is 0.301 e. The van der Waals surface area contributed by atoms with Crippen LogP contribution in [-0.2, 0) is 4.79 Å². The molecule has 0 aromatic carbocycles. The molecule has 0 radical (unpaired) electrons. The molecule has 1 aromatic heterocycles. The van der Waals surface area contributed by atoms with E-state index in [2.05, 4.69) is 15.6 Å². The Balaban J connectivity index is 1.91. The van der Waals surface area contributed by atoms with E-state index in [0.717, 1.165) is 18.8 Å². The number of rotatable bonds is 3. The van der Waals surface area contributed by atoms with Crippen molar-refractivity contribution in [1.82, 2.24) is 10.3 Å². The van der Waals surface area contributed by atoms with Crippen molar-refractivity contribution in [3.05, 3.63) is 12.0 Å². The van der Waals surface area contributed by atoms with Crippen molar-refractivity contribution in [3.63, 3.8) is 0 Å². The lowest BCUT2D eigenvalue weighted by molar-refractivity contribution is -0.121. The zero-order valence-corrected chi connectivity index (χ0v) is 8.91. The van der Waals surface area contributed by atoms with Gasteiger partial charge in [0.05, 0.1) is 5.69 Å². The maximum absolute atomic E-state index is 11.7. The minimum absolute atomic E-state index is 0.00143. The van der Waals surface area contributed by atoms with E-state index in [1.165, 1.54) is 6.26 Å². The van der Waals surface area contributed by atoms with E-state index in [1.807, 2.05) is 13.8 Å². The lowest BCUT2D eigenvalue weighted by Gasteiger charge is -2.31. The van der Waals surface area contributed by atoms with Crippen molar-refractivity contribution >= 4 is 11.9 Å². The Labute approximate surface area is 88.3 Å². The molecule has 1 saturated heterocycles. The van der Waals surface area contributed by atoms with Crippen LogP contribution in [0.3, 0.4) is 0 Å². The summed E-state index contributed by atoms with van der Waals surface area (Å²) in [6.45, 7) is 5.58. The number of oxazole rings is 1. The van der Waals surface area contributed by atoms with E-state index in [4.69, 9.17) is 4.42 Å². The fourth-order valence-electron chi connectivity index (χ4n) is 1.51. The fraction of sp³-hybridized carbons (Fsp3) is 0.600. The van der Waals surface area contributed by atoms with Crippen molar-refractivity contribution in [2.45, 2.75) is 13.8 Å². The average Bonchev–Trinajstić information content (AvgIpc) is 2.48. The van der Waals surface area contributed by atoms with Gasteiger partial charge in [0, 0.05) is 5.92 Å². The summed E-state index contributed by atoms with van der Waals surface area (Å²) in [5, 5.41) is 5.81. The zero-order valence-electron chi connectivity index (χ0n) is 8.91. The van der Waals surface area contributed by atoms with Crippen LogP contribution in [0, 0.1) is 18.8 Å². The van der Waals surface area contributed by atoms with Gasteiger partial charge in [0.15, 0.2) is 0 Å². The van der Waals surface area contributed by atoms with Gasteiger partial charge in [-0.25, -0.2) is 0 Å². The predicted molar refractivity (Wildman–Crippen MR) is 55.4 cm³/mol. The highest BCUT2D eigenvalue weighted by molar-refractivity contribution is 5.90. The number of aromatic nitrogens is 1. The largest absolute Gasteiger partial charge is 0.432 e. The predicted octanol–water partition coefficient (Wildman–Crippen LogP) is 0.777. The normalized spacial score (nSPS) is 18.3. The number of hydrogen-bond acceptors (Lipinski definition) is 4. The Morgan fingerprint density at radius 3 is 2.93 bits per heavy atom. The van der Waals surface area contributed by atoms with Crippen LogP contribution < -0.4 is 10.6 Å². The summed E-state index contributed by atoms with van der Waals surface area (Å²) in [5.74, 6) is 0.405. The van der Waals surface area contributed by atoms with Crippen molar-refractivity contribution in [3.8, 4) is 0 Å². The number of anilines is 1. The molecular formula is C10H15N3O2. The lowest BCUT2D eigenvalue weighted by atomic mass is 9.88. The zero-order chi connectivity index (χ0) is 10.8. The Hall–Kier alpha value is -1.36. The molecule has 2 rings (SSSR count). The molecule has 0 saturated carbocycles. The third-order valence-corrected chi connectivity index (χ3v) is 2.78. The summed E-state index contributed by atoms with van der Waals surface area (Å²) in [4.78, 5) is 15.7. The highest BCUT2D eigenvalue weighted by atomic mass is 16.4. The van der Waals surface area contributed by atoms with Crippen LogP contribution in [-0.4, -0.2) is 24.0 Å². The number of nitrogens with zero attached hydrogens (tertiary/aromatic N) is 1. The highest BCUT2D eigenvalue weighted by Gasteiger charge is 2.29. The minimum atomic E-state index is -0.0247. The van der Waals surface area contributed by atoms with Gasteiger partial charge in [0.1, 0.15) is 6.26 Å². The molecule has 1 aliphatic heterocycles. The molecule has 1 amide bonds. The molecule has 1 aromatic rings. The van der Waals surface area contributed by atoms with Crippen LogP contribution in [0.1, 0.15) is 12.6 Å². The van der Waals surface area contributed by atoms with E-state index in [0.29, 0.717) is 5.92 Å². The fourth-order valence-corrected chi connectivity index (χ4v) is 1.51. The molecule has 0 bridgehead atoms. The second-order valence-corrected chi connectivity index (χ2v) is 3.99. The minimum Gasteiger partial charge on any atom is -0.432 e. The molecule has 0 spiro atoms. The van der Waals surface area contributed by atoms with Gasteiger partial charge in [0.25, 0.3) is 0 Å². The van der Waals surface area contributed by atoms with Crippen LogP contribution in [0.25, 0.3) is 0 Å². The number of amides is 1. The Bertz CT molecular complexity index is 357. The lowest BCUT2D eigenvalue weighted by Crippen LogP contribution is -2.48. The molecule has 1 aliphatic rings. The summed E-state index contributed by atoms with van der Waals surface area (Å²) in [5.41, 5.74) is 0.767. The van der Waals surface area contributed by atoms with Gasteiger partial charge in [0.2, 0.25) is 5.91 Å². The van der Waals surface area contributed by atoms with E-state index in [-0.39, 0.29) is 17.8 Å². The van der Waals surface area contributed by atoms with Gasteiger partial charge in [-0.15, -0.1) is 0 Å². The maximum atomic E-state index is 11.7. The molecule has 1 unspecified atom stereocenters. The standard InChI is InChI=1S/C10H15N3O2/c1-6-5-15-10(12-6)13-9(14)7(2)8-3-11-4-8/h5,7-8,11H,3-4H2,1-2H3,(H,12,13,14). The molecule has 5 nitrogen and oxygen atoms in total. The highest BCUT2D eigenvalue weighted by Crippen LogP contribution is 2.17. The van der Waals surface area contributed by atoms with E-state index >= 15 is 0 Å². The first-order valence-corrected chi connectivity index (χ1v) is 5.10. The van der Waals surface area contributed by atoms with Crippen molar-refractivity contribution in [1.29, 1.82) is 0 Å². The second kappa shape index (κ2) is 4.02. The molecule has 0 aliphatic carbocycles. The summed E-state index contributed by atoms with van der Waals surface area (Å²) in [7, 11) is 0. The van der Waals surface area contributed by atoms with E-state index in [9.17, 15) is 4.79 Å². The molecule has 82 valence electrons. The molecule has 2 heterocycles. The number of hydrogen-bond donors (Lipinski definition) is 2. The van der Waals surface area contributed by atoms with Gasteiger partial charge < -0.3 is 9.73 Å². The average molecular weight is 209 g/mol. The molecule has 5 heteroatoms. The van der Waals surface area contributed by atoms with Crippen LogP contribution in [0.15, 0.2) is 10.7 Å². The number of aryl methyl sites for hydroxylation is 1. The van der Waals surface area contributed by atoms with Crippen LogP contribution in [0.2, 0.25) is 0 Å². The molecule has 1 fully saturated rings. The van der Waals surface area contributed by atoms with Crippen LogP contribution >= 0.6 is 0 Å². The summed E-state index contributed by atoms with van der Waals surface area (Å²) < 4.78 is 5.06. The van der Waals surface area contributed by atoms with Crippen molar-refractivity contribution < 1.29 is 9.21 Å². The van der Waals surface area contributed by atoms with Crippen molar-refractivity contribution in [2.24, 2.45) is 11.8 Å². The molecule has 2 N–H and O–H groups in total. The number of nitrogens with one attached hydrogen (secondary N) is 2. The summed E-state index contributed by atoms with van der Waals surface area (Å²) >= 11 is 0. The van der Waals surface area contributed by atoms with Gasteiger partial charge in [-0.1, -0.05) is 6.92 Å². The molecule has 15 heavy (non-hydrogen) atoms. The Morgan fingerprint density at radius 1 is 1.73 bits per heavy atom. The monoisotopic (exact) mass is 209 g/mol. The molecule has 1 atom stereocenters. The number of carbonyl (C=O) groups excluding carboxylic acids is 1. The van der Waals surface area contributed by atoms with E-state index < -0.39 is 0 Å². The first-order valence-electron chi connectivity index (χ1n) is 5.10. The van der Waals surface area contributed by atoms with Gasteiger partial charge in [-0.3, -0.25) is 10.1 Å². The van der Waals surface area contributed by atoms with Crippen LogP contribution in [0.4, 0.5) is 6.01 Å². The van der Waals surface area contributed by atoms with Crippen LogP contribution in [0.5, 0.6) is 0 Å². The topological polar surface area (TPSA) is 67.2 Å². The second-order valence-electron chi connectivity index (χ2n) is 3.99. The Kier molecular flexibility index (Phi) is 2.73. The summed E-state index contributed by atoms with van der Waals surface area (Å²) in [6.07, 6.45) is 1.52.